The Balaban J connectivity index is 1.48. The van der Waals surface area contributed by atoms with E-state index < -0.39 is 0 Å². The normalized spacial score (nSPS) is 19.6. The van der Waals surface area contributed by atoms with E-state index in [2.05, 4.69) is 37.2 Å². The highest BCUT2D eigenvalue weighted by Gasteiger charge is 2.29. The molecular formula is C18H18BrN3O2S. The van der Waals surface area contributed by atoms with E-state index in [4.69, 9.17) is 4.74 Å². The molecule has 0 spiro atoms. The van der Waals surface area contributed by atoms with Gasteiger partial charge in [0.25, 0.3) is 0 Å². The molecule has 0 radical (unpaired) electrons. The van der Waals surface area contributed by atoms with Crippen LogP contribution in [-0.2, 0) is 9.53 Å². The maximum absolute atomic E-state index is 12.7. The van der Waals surface area contributed by atoms with E-state index in [-0.39, 0.29) is 11.8 Å². The number of pyridine rings is 1. The van der Waals surface area contributed by atoms with Gasteiger partial charge in [-0.05, 0) is 33.6 Å². The number of halogens is 1. The molecule has 5 nitrogen and oxygen atoms in total. The summed E-state index contributed by atoms with van der Waals surface area (Å²) in [7, 11) is 0. The Bertz CT molecular complexity index is 796. The molecular weight excluding hydrogens is 402 g/mol. The first-order valence-electron chi connectivity index (χ1n) is 8.23. The molecule has 1 aromatic carbocycles. The number of rotatable bonds is 3. The van der Waals surface area contributed by atoms with Crippen LogP contribution >= 0.6 is 27.7 Å². The first-order valence-corrected chi connectivity index (χ1v) is 10.0. The summed E-state index contributed by atoms with van der Waals surface area (Å²) in [6, 6.07) is 10.0. The van der Waals surface area contributed by atoms with Gasteiger partial charge in [-0.2, -0.15) is 0 Å². The number of carbonyl (C=O) groups excluding carboxylic acids is 1. The summed E-state index contributed by atoms with van der Waals surface area (Å²) in [6.45, 7) is 3.08. The lowest BCUT2D eigenvalue weighted by Crippen LogP contribution is -2.37. The molecule has 130 valence electrons. The number of benzene rings is 1. The Kier molecular flexibility index (Phi) is 4.96. The minimum absolute atomic E-state index is 0.0188. The zero-order valence-corrected chi connectivity index (χ0v) is 16.0. The van der Waals surface area contributed by atoms with Crippen LogP contribution in [0.5, 0.6) is 0 Å². The third-order valence-corrected chi connectivity index (χ3v) is 6.18. The summed E-state index contributed by atoms with van der Waals surface area (Å²) in [4.78, 5) is 20.6. The van der Waals surface area contributed by atoms with E-state index >= 15 is 0 Å². The summed E-state index contributed by atoms with van der Waals surface area (Å²) in [5, 5.41) is 3.01. The van der Waals surface area contributed by atoms with Gasteiger partial charge in [-0.25, -0.2) is 4.98 Å². The highest BCUT2D eigenvalue weighted by atomic mass is 79.9. The van der Waals surface area contributed by atoms with Crippen molar-refractivity contribution in [3.8, 4) is 0 Å². The van der Waals surface area contributed by atoms with Crippen molar-refractivity contribution in [3.05, 3.63) is 46.6 Å². The lowest BCUT2D eigenvalue weighted by Gasteiger charge is -2.28. The van der Waals surface area contributed by atoms with Gasteiger partial charge >= 0.3 is 0 Å². The number of carbonyl (C=O) groups is 1. The van der Waals surface area contributed by atoms with Crippen LogP contribution in [0.3, 0.4) is 0 Å². The zero-order chi connectivity index (χ0) is 17.2. The zero-order valence-electron chi connectivity index (χ0n) is 13.6. The number of anilines is 2. The highest BCUT2D eigenvalue weighted by molar-refractivity contribution is 9.10. The minimum atomic E-state index is -0.112. The third-order valence-electron chi connectivity index (χ3n) is 4.42. The molecule has 1 fully saturated rings. The van der Waals surface area contributed by atoms with Gasteiger partial charge in [0.05, 0.1) is 35.5 Å². The molecule has 0 bridgehead atoms. The van der Waals surface area contributed by atoms with Crippen molar-refractivity contribution in [2.75, 3.05) is 42.3 Å². The van der Waals surface area contributed by atoms with Gasteiger partial charge in [-0.1, -0.05) is 18.2 Å². The quantitative estimate of drug-likeness (QED) is 0.824. The molecule has 1 saturated heterocycles. The SMILES string of the molecule is O=C(Nc1cnc(N2CCOCC2)c(Br)c1)[C@@H]1CSc2ccccc21. The van der Waals surface area contributed by atoms with Gasteiger partial charge in [0.1, 0.15) is 5.82 Å². The predicted octanol–water partition coefficient (Wildman–Crippen LogP) is 3.51. The van der Waals surface area contributed by atoms with Crippen molar-refractivity contribution in [3.63, 3.8) is 0 Å². The average Bonchev–Trinajstić information content (AvgIpc) is 3.07. The molecule has 4 rings (SSSR count). The van der Waals surface area contributed by atoms with Crippen LogP contribution in [0.1, 0.15) is 11.5 Å². The monoisotopic (exact) mass is 419 g/mol. The van der Waals surface area contributed by atoms with Crippen LogP contribution in [0.4, 0.5) is 11.5 Å². The number of hydrogen-bond acceptors (Lipinski definition) is 5. The number of nitrogens with one attached hydrogen (secondary N) is 1. The van der Waals surface area contributed by atoms with E-state index in [1.165, 1.54) is 4.90 Å². The fourth-order valence-corrected chi connectivity index (χ4v) is 4.94. The molecule has 1 amide bonds. The number of hydrogen-bond donors (Lipinski definition) is 1. The lowest BCUT2D eigenvalue weighted by atomic mass is 10.0. The summed E-state index contributed by atoms with van der Waals surface area (Å²) >= 11 is 5.32. The summed E-state index contributed by atoms with van der Waals surface area (Å²) in [5.74, 6) is 1.58. The van der Waals surface area contributed by atoms with E-state index in [1.807, 2.05) is 24.3 Å². The van der Waals surface area contributed by atoms with E-state index in [9.17, 15) is 4.79 Å². The number of amides is 1. The number of thioether (sulfide) groups is 1. The molecule has 1 N–H and O–H groups in total. The fraction of sp³-hybridized carbons (Fsp3) is 0.333. The largest absolute Gasteiger partial charge is 0.378 e. The molecule has 0 unspecified atom stereocenters. The van der Waals surface area contributed by atoms with Gasteiger partial charge in [-0.15, -0.1) is 11.8 Å². The third kappa shape index (κ3) is 3.54. The topological polar surface area (TPSA) is 54.5 Å². The molecule has 2 aromatic rings. The van der Waals surface area contributed by atoms with Crippen molar-refractivity contribution < 1.29 is 9.53 Å². The summed E-state index contributed by atoms with van der Waals surface area (Å²) in [6.07, 6.45) is 1.72. The van der Waals surface area contributed by atoms with Gasteiger partial charge < -0.3 is 15.0 Å². The smallest absolute Gasteiger partial charge is 0.232 e. The standard InChI is InChI=1S/C18H18BrN3O2S/c19-15-9-12(10-20-17(15)22-5-7-24-8-6-22)21-18(23)14-11-25-16-4-2-1-3-13(14)16/h1-4,9-10,14H,5-8,11H2,(H,21,23)/t14-/m1/s1. The second kappa shape index (κ2) is 7.35. The number of aromatic nitrogens is 1. The van der Waals surface area contributed by atoms with E-state index in [1.54, 1.807) is 18.0 Å². The van der Waals surface area contributed by atoms with Gasteiger partial charge in [0.15, 0.2) is 0 Å². The number of morpholine rings is 1. The Morgan fingerprint density at radius 2 is 2.12 bits per heavy atom. The Morgan fingerprint density at radius 1 is 1.32 bits per heavy atom. The average molecular weight is 420 g/mol. The van der Waals surface area contributed by atoms with Crippen LogP contribution in [-0.4, -0.2) is 42.9 Å². The van der Waals surface area contributed by atoms with Crippen molar-refractivity contribution in [1.82, 2.24) is 4.98 Å². The van der Waals surface area contributed by atoms with Crippen LogP contribution in [0.25, 0.3) is 0 Å². The van der Waals surface area contributed by atoms with Crippen molar-refractivity contribution in [2.24, 2.45) is 0 Å². The molecule has 1 atom stereocenters. The van der Waals surface area contributed by atoms with Crippen LogP contribution < -0.4 is 10.2 Å². The lowest BCUT2D eigenvalue weighted by molar-refractivity contribution is -0.117. The van der Waals surface area contributed by atoms with Crippen LogP contribution in [0.2, 0.25) is 0 Å². The molecule has 25 heavy (non-hydrogen) atoms. The molecule has 2 aliphatic heterocycles. The van der Waals surface area contributed by atoms with Gasteiger partial charge in [0.2, 0.25) is 5.91 Å². The second-order valence-electron chi connectivity index (χ2n) is 6.02. The molecule has 1 aromatic heterocycles. The summed E-state index contributed by atoms with van der Waals surface area (Å²) in [5.41, 5.74) is 1.82. The summed E-state index contributed by atoms with van der Waals surface area (Å²) < 4.78 is 6.26. The molecule has 3 heterocycles. The number of fused-ring (bicyclic) bond motifs is 1. The molecule has 0 aliphatic carbocycles. The maximum atomic E-state index is 12.7. The molecule has 0 saturated carbocycles. The fourth-order valence-electron chi connectivity index (χ4n) is 3.12. The number of ether oxygens (including phenoxy) is 1. The second-order valence-corrected chi connectivity index (χ2v) is 7.94. The maximum Gasteiger partial charge on any atom is 0.232 e. The Labute approximate surface area is 159 Å². The number of nitrogens with zero attached hydrogens (tertiary/aromatic N) is 2. The highest BCUT2D eigenvalue weighted by Crippen LogP contribution is 2.40. The predicted molar refractivity (Wildman–Crippen MR) is 104 cm³/mol. The van der Waals surface area contributed by atoms with E-state index in [0.29, 0.717) is 18.9 Å². The Morgan fingerprint density at radius 3 is 2.92 bits per heavy atom. The van der Waals surface area contributed by atoms with E-state index in [0.717, 1.165) is 34.7 Å². The Hall–Kier alpha value is -1.57. The minimum Gasteiger partial charge on any atom is -0.378 e. The van der Waals surface area contributed by atoms with Crippen LogP contribution in [0.15, 0.2) is 45.9 Å². The van der Waals surface area contributed by atoms with Crippen molar-refractivity contribution >= 4 is 45.1 Å². The van der Waals surface area contributed by atoms with Crippen molar-refractivity contribution in [1.29, 1.82) is 0 Å². The first-order chi connectivity index (χ1) is 12.2. The molecule has 7 heteroatoms. The van der Waals surface area contributed by atoms with Gasteiger partial charge in [-0.3, -0.25) is 4.79 Å². The van der Waals surface area contributed by atoms with Crippen molar-refractivity contribution in [2.45, 2.75) is 10.8 Å². The first kappa shape index (κ1) is 16.9. The van der Waals surface area contributed by atoms with Crippen LogP contribution in [0, 0.1) is 0 Å². The van der Waals surface area contributed by atoms with Gasteiger partial charge in [0, 0.05) is 23.7 Å². The molecule has 2 aliphatic rings.